The summed E-state index contributed by atoms with van der Waals surface area (Å²) in [6.07, 6.45) is 0.704. The SMILES string of the molecule is CCN1CC(CN(C)CC(=O)NCCc2ccc(F)cc2)Oc2ccccc21. The van der Waals surface area contributed by atoms with Gasteiger partial charge in [-0.1, -0.05) is 24.3 Å². The molecule has 1 unspecified atom stereocenters. The molecule has 2 aromatic carbocycles. The zero-order valence-corrected chi connectivity index (χ0v) is 16.5. The van der Waals surface area contributed by atoms with Crippen molar-refractivity contribution in [2.45, 2.75) is 19.4 Å². The summed E-state index contributed by atoms with van der Waals surface area (Å²) in [5, 5.41) is 2.92. The van der Waals surface area contributed by atoms with E-state index < -0.39 is 0 Å². The second-order valence-electron chi connectivity index (χ2n) is 7.17. The number of hydrogen-bond acceptors (Lipinski definition) is 4. The number of ether oxygens (including phenoxy) is 1. The number of rotatable bonds is 8. The molecule has 5 nitrogen and oxygen atoms in total. The highest BCUT2D eigenvalue weighted by Gasteiger charge is 2.25. The molecule has 1 atom stereocenters. The van der Waals surface area contributed by atoms with Gasteiger partial charge in [0.05, 0.1) is 18.8 Å². The van der Waals surface area contributed by atoms with Gasteiger partial charge in [0.25, 0.3) is 0 Å². The normalized spacial score (nSPS) is 15.9. The predicted molar refractivity (Wildman–Crippen MR) is 109 cm³/mol. The molecule has 1 N–H and O–H groups in total. The minimum absolute atomic E-state index is 0.0202. The Morgan fingerprint density at radius 2 is 2.00 bits per heavy atom. The molecule has 0 aliphatic carbocycles. The summed E-state index contributed by atoms with van der Waals surface area (Å²) in [6, 6.07) is 14.4. The average Bonchev–Trinajstić information content (AvgIpc) is 2.68. The van der Waals surface area contributed by atoms with Crippen LogP contribution >= 0.6 is 0 Å². The Labute approximate surface area is 166 Å². The van der Waals surface area contributed by atoms with E-state index in [2.05, 4.69) is 23.2 Å². The fourth-order valence-corrected chi connectivity index (χ4v) is 3.48. The lowest BCUT2D eigenvalue weighted by Crippen LogP contribution is -2.47. The van der Waals surface area contributed by atoms with Crippen LogP contribution in [0.5, 0.6) is 5.75 Å². The molecule has 0 saturated heterocycles. The monoisotopic (exact) mass is 385 g/mol. The summed E-state index contributed by atoms with van der Waals surface area (Å²) in [6.45, 7) is 5.40. The van der Waals surface area contributed by atoms with Gasteiger partial charge in [0, 0.05) is 19.6 Å². The molecular formula is C22H28FN3O2. The fourth-order valence-electron chi connectivity index (χ4n) is 3.48. The van der Waals surface area contributed by atoms with Crippen molar-refractivity contribution in [1.82, 2.24) is 10.2 Å². The minimum atomic E-state index is -0.247. The third-order valence-corrected chi connectivity index (χ3v) is 4.88. The molecule has 0 saturated carbocycles. The van der Waals surface area contributed by atoms with E-state index in [0.717, 1.165) is 30.1 Å². The first-order valence-corrected chi connectivity index (χ1v) is 9.75. The van der Waals surface area contributed by atoms with Crippen LogP contribution in [0.2, 0.25) is 0 Å². The van der Waals surface area contributed by atoms with E-state index in [1.165, 1.54) is 12.1 Å². The van der Waals surface area contributed by atoms with Gasteiger partial charge in [0.15, 0.2) is 0 Å². The van der Waals surface area contributed by atoms with Crippen molar-refractivity contribution in [3.63, 3.8) is 0 Å². The summed E-state index contributed by atoms with van der Waals surface area (Å²) in [5.41, 5.74) is 2.13. The van der Waals surface area contributed by atoms with E-state index in [0.29, 0.717) is 26.1 Å². The first-order valence-electron chi connectivity index (χ1n) is 9.75. The first-order chi connectivity index (χ1) is 13.5. The lowest BCUT2D eigenvalue weighted by Gasteiger charge is -2.37. The number of halogens is 1. The molecule has 150 valence electrons. The third-order valence-electron chi connectivity index (χ3n) is 4.88. The van der Waals surface area contributed by atoms with Crippen LogP contribution in [-0.4, -0.2) is 56.7 Å². The fraction of sp³-hybridized carbons (Fsp3) is 0.409. The Bertz CT molecular complexity index is 782. The number of nitrogens with zero attached hydrogens (tertiary/aromatic N) is 2. The molecular weight excluding hydrogens is 357 g/mol. The molecule has 6 heteroatoms. The van der Waals surface area contributed by atoms with Crippen LogP contribution in [0.25, 0.3) is 0 Å². The Hall–Kier alpha value is -2.60. The second kappa shape index (κ2) is 9.55. The lowest BCUT2D eigenvalue weighted by atomic mass is 10.1. The number of hydrogen-bond donors (Lipinski definition) is 1. The smallest absolute Gasteiger partial charge is 0.234 e. The topological polar surface area (TPSA) is 44.8 Å². The van der Waals surface area contributed by atoms with E-state index in [4.69, 9.17) is 4.74 Å². The second-order valence-corrected chi connectivity index (χ2v) is 7.17. The van der Waals surface area contributed by atoms with Crippen LogP contribution in [-0.2, 0) is 11.2 Å². The maximum Gasteiger partial charge on any atom is 0.234 e. The van der Waals surface area contributed by atoms with Gasteiger partial charge in [0.2, 0.25) is 5.91 Å². The van der Waals surface area contributed by atoms with E-state index in [1.54, 1.807) is 12.1 Å². The molecule has 0 aromatic heterocycles. The number of anilines is 1. The highest BCUT2D eigenvalue weighted by atomic mass is 19.1. The van der Waals surface area contributed by atoms with Crippen molar-refractivity contribution >= 4 is 11.6 Å². The largest absolute Gasteiger partial charge is 0.485 e. The van der Waals surface area contributed by atoms with Crippen LogP contribution < -0.4 is 15.0 Å². The molecule has 0 spiro atoms. The number of likely N-dealkylation sites (N-methyl/N-ethyl adjacent to an activating group) is 2. The van der Waals surface area contributed by atoms with Gasteiger partial charge in [0.1, 0.15) is 17.7 Å². The van der Waals surface area contributed by atoms with Gasteiger partial charge in [-0.2, -0.15) is 0 Å². The van der Waals surface area contributed by atoms with Crippen LogP contribution in [0.15, 0.2) is 48.5 Å². The van der Waals surface area contributed by atoms with Gasteiger partial charge < -0.3 is 15.0 Å². The Morgan fingerprint density at radius 3 is 2.75 bits per heavy atom. The van der Waals surface area contributed by atoms with Gasteiger partial charge in [-0.15, -0.1) is 0 Å². The molecule has 0 fully saturated rings. The quantitative estimate of drug-likeness (QED) is 0.759. The zero-order chi connectivity index (χ0) is 19.9. The third kappa shape index (κ3) is 5.45. The van der Waals surface area contributed by atoms with Crippen LogP contribution in [0.1, 0.15) is 12.5 Å². The Balaban J connectivity index is 1.43. The Morgan fingerprint density at radius 1 is 1.25 bits per heavy atom. The number of carbonyl (C=O) groups excluding carboxylic acids is 1. The van der Waals surface area contributed by atoms with Crippen molar-refractivity contribution in [2.75, 3.05) is 44.7 Å². The molecule has 1 heterocycles. The van der Waals surface area contributed by atoms with Crippen molar-refractivity contribution in [3.8, 4) is 5.75 Å². The summed E-state index contributed by atoms with van der Waals surface area (Å²) in [4.78, 5) is 16.5. The number of nitrogens with one attached hydrogen (secondary N) is 1. The molecule has 1 amide bonds. The number of amides is 1. The number of carbonyl (C=O) groups is 1. The highest BCUT2D eigenvalue weighted by Crippen LogP contribution is 2.32. The summed E-state index contributed by atoms with van der Waals surface area (Å²) < 4.78 is 19.0. The maximum atomic E-state index is 12.9. The molecule has 2 aromatic rings. The van der Waals surface area contributed by atoms with Gasteiger partial charge in [-0.3, -0.25) is 9.69 Å². The standard InChI is InChI=1S/C22H28FN3O2/c1-3-26-15-19(28-21-7-5-4-6-20(21)26)14-25(2)16-22(27)24-13-12-17-8-10-18(23)11-9-17/h4-11,19H,3,12-16H2,1-2H3,(H,24,27). The molecule has 1 aliphatic rings. The van der Waals surface area contributed by atoms with E-state index in [9.17, 15) is 9.18 Å². The van der Waals surface area contributed by atoms with Crippen molar-refractivity contribution < 1.29 is 13.9 Å². The lowest BCUT2D eigenvalue weighted by molar-refractivity contribution is -0.122. The van der Waals surface area contributed by atoms with E-state index in [-0.39, 0.29) is 17.8 Å². The van der Waals surface area contributed by atoms with Crippen LogP contribution in [0.4, 0.5) is 10.1 Å². The number of fused-ring (bicyclic) bond motifs is 1. The first kappa shape index (κ1) is 20.1. The molecule has 0 bridgehead atoms. The number of para-hydroxylation sites is 2. The molecule has 3 rings (SSSR count). The Kier molecular flexibility index (Phi) is 6.87. The maximum absolute atomic E-state index is 12.9. The summed E-state index contributed by atoms with van der Waals surface area (Å²) in [7, 11) is 1.93. The van der Waals surface area contributed by atoms with Crippen molar-refractivity contribution in [1.29, 1.82) is 0 Å². The number of benzene rings is 2. The van der Waals surface area contributed by atoms with Gasteiger partial charge >= 0.3 is 0 Å². The van der Waals surface area contributed by atoms with Gasteiger partial charge in [-0.25, -0.2) is 4.39 Å². The van der Waals surface area contributed by atoms with Crippen LogP contribution in [0.3, 0.4) is 0 Å². The molecule has 0 radical (unpaired) electrons. The molecule has 1 aliphatic heterocycles. The van der Waals surface area contributed by atoms with Crippen LogP contribution in [0, 0.1) is 5.82 Å². The predicted octanol–water partition coefficient (Wildman–Crippen LogP) is 2.70. The van der Waals surface area contributed by atoms with Gasteiger partial charge in [-0.05, 0) is 50.2 Å². The van der Waals surface area contributed by atoms with Crippen molar-refractivity contribution in [3.05, 3.63) is 59.9 Å². The average molecular weight is 385 g/mol. The molecule has 28 heavy (non-hydrogen) atoms. The summed E-state index contributed by atoms with van der Waals surface area (Å²) >= 11 is 0. The highest BCUT2D eigenvalue weighted by molar-refractivity contribution is 5.78. The summed E-state index contributed by atoms with van der Waals surface area (Å²) in [5.74, 6) is 0.634. The van der Waals surface area contributed by atoms with Crippen molar-refractivity contribution in [2.24, 2.45) is 0 Å². The zero-order valence-electron chi connectivity index (χ0n) is 16.5. The minimum Gasteiger partial charge on any atom is -0.485 e. The van der Waals surface area contributed by atoms with E-state index in [1.807, 2.05) is 30.1 Å². The van der Waals surface area contributed by atoms with E-state index >= 15 is 0 Å².